The average molecular weight is 386 g/mol. The summed E-state index contributed by atoms with van der Waals surface area (Å²) in [5.41, 5.74) is 0.906. The summed E-state index contributed by atoms with van der Waals surface area (Å²) in [6, 6.07) is 14.8. The molecule has 0 aliphatic heterocycles. The van der Waals surface area contributed by atoms with Crippen molar-refractivity contribution in [2.45, 2.75) is 39.3 Å². The first-order valence-electron chi connectivity index (χ1n) is 9.55. The number of benzene rings is 2. The number of nitrogens with zero attached hydrogens (tertiary/aromatic N) is 1. The van der Waals surface area contributed by atoms with Gasteiger partial charge in [0.2, 0.25) is 5.91 Å². The van der Waals surface area contributed by atoms with E-state index in [0.29, 0.717) is 13.0 Å². The Kier molecular flexibility index (Phi) is 8.46. The molecule has 0 saturated carbocycles. The van der Waals surface area contributed by atoms with Gasteiger partial charge in [-0.25, -0.2) is 4.39 Å². The summed E-state index contributed by atoms with van der Waals surface area (Å²) in [7, 11) is 0. The Hall–Kier alpha value is -2.89. The van der Waals surface area contributed by atoms with E-state index in [0.717, 1.165) is 12.0 Å². The van der Waals surface area contributed by atoms with Crippen LogP contribution < -0.4 is 10.1 Å². The molecule has 150 valence electrons. The fourth-order valence-corrected chi connectivity index (χ4v) is 2.85. The zero-order chi connectivity index (χ0) is 20.4. The maximum atomic E-state index is 13.8. The molecular weight excluding hydrogens is 359 g/mol. The van der Waals surface area contributed by atoms with E-state index in [2.05, 4.69) is 5.32 Å². The summed E-state index contributed by atoms with van der Waals surface area (Å²) < 4.78 is 19.1. The zero-order valence-electron chi connectivity index (χ0n) is 16.4. The van der Waals surface area contributed by atoms with Crippen molar-refractivity contribution < 1.29 is 18.7 Å². The van der Waals surface area contributed by atoms with E-state index < -0.39 is 11.9 Å². The molecule has 5 nitrogen and oxygen atoms in total. The second kappa shape index (κ2) is 11.1. The Morgan fingerprint density at radius 1 is 1.07 bits per heavy atom. The minimum Gasteiger partial charge on any atom is -0.481 e. The van der Waals surface area contributed by atoms with Crippen LogP contribution in [0, 0.1) is 5.82 Å². The molecule has 0 aromatic heterocycles. The number of carbonyl (C=O) groups is 2. The van der Waals surface area contributed by atoms with Crippen molar-refractivity contribution in [3.05, 3.63) is 66.0 Å². The Labute approximate surface area is 165 Å². The first kappa shape index (κ1) is 21.4. The van der Waals surface area contributed by atoms with Gasteiger partial charge in [-0.15, -0.1) is 0 Å². The Morgan fingerprint density at radius 3 is 2.39 bits per heavy atom. The van der Waals surface area contributed by atoms with Crippen LogP contribution in [0.25, 0.3) is 0 Å². The van der Waals surface area contributed by atoms with Crippen LogP contribution in [0.5, 0.6) is 5.75 Å². The quantitative estimate of drug-likeness (QED) is 0.680. The van der Waals surface area contributed by atoms with Gasteiger partial charge in [0.25, 0.3) is 5.91 Å². The van der Waals surface area contributed by atoms with Gasteiger partial charge in [-0.3, -0.25) is 9.59 Å². The summed E-state index contributed by atoms with van der Waals surface area (Å²) >= 11 is 0. The summed E-state index contributed by atoms with van der Waals surface area (Å²) in [6.45, 7) is 4.31. The van der Waals surface area contributed by atoms with Crippen molar-refractivity contribution in [1.29, 1.82) is 0 Å². The monoisotopic (exact) mass is 386 g/mol. The van der Waals surface area contributed by atoms with E-state index in [1.807, 2.05) is 44.2 Å². The van der Waals surface area contributed by atoms with E-state index in [9.17, 15) is 14.0 Å². The number of hydrogen-bond acceptors (Lipinski definition) is 3. The van der Waals surface area contributed by atoms with Crippen LogP contribution in [0.15, 0.2) is 54.6 Å². The van der Waals surface area contributed by atoms with Crippen LogP contribution in [0.2, 0.25) is 0 Å². The number of para-hydroxylation sites is 1. The molecule has 0 fully saturated rings. The second-order valence-electron chi connectivity index (χ2n) is 6.44. The molecule has 2 aromatic carbocycles. The molecule has 6 heteroatoms. The lowest BCUT2D eigenvalue weighted by molar-refractivity contribution is -0.143. The number of rotatable bonds is 10. The van der Waals surface area contributed by atoms with E-state index in [1.165, 1.54) is 17.0 Å². The first-order valence-corrected chi connectivity index (χ1v) is 9.55. The highest BCUT2D eigenvalue weighted by atomic mass is 19.1. The van der Waals surface area contributed by atoms with Crippen LogP contribution in [-0.2, 0) is 16.1 Å². The second-order valence-corrected chi connectivity index (χ2v) is 6.44. The van der Waals surface area contributed by atoms with E-state index in [4.69, 9.17) is 4.74 Å². The Balaban J connectivity index is 2.17. The predicted octanol–water partition coefficient (Wildman–Crippen LogP) is 3.54. The van der Waals surface area contributed by atoms with Gasteiger partial charge in [0.05, 0.1) is 0 Å². The number of nitrogens with one attached hydrogen (secondary N) is 1. The van der Waals surface area contributed by atoms with Crippen molar-refractivity contribution in [3.63, 3.8) is 0 Å². The third-order valence-electron chi connectivity index (χ3n) is 4.32. The van der Waals surface area contributed by atoms with Crippen molar-refractivity contribution in [2.75, 3.05) is 13.2 Å². The van der Waals surface area contributed by atoms with Crippen molar-refractivity contribution in [2.24, 2.45) is 0 Å². The van der Waals surface area contributed by atoms with Crippen LogP contribution in [0.4, 0.5) is 4.39 Å². The maximum absolute atomic E-state index is 13.8. The smallest absolute Gasteiger partial charge is 0.261 e. The molecule has 2 aromatic rings. The van der Waals surface area contributed by atoms with Crippen LogP contribution >= 0.6 is 0 Å². The van der Waals surface area contributed by atoms with Gasteiger partial charge >= 0.3 is 0 Å². The Morgan fingerprint density at radius 2 is 1.75 bits per heavy atom. The molecule has 0 heterocycles. The van der Waals surface area contributed by atoms with E-state index in [-0.39, 0.29) is 30.7 Å². The normalized spacial score (nSPS) is 11.5. The summed E-state index contributed by atoms with van der Waals surface area (Å²) in [5.74, 6) is -1.08. The minimum atomic E-state index is -0.622. The SMILES string of the molecule is CCCNC(=O)[C@@H](CC)N(Cc1ccccc1)C(=O)COc1ccccc1F. The number of amides is 2. The van der Waals surface area contributed by atoms with Gasteiger partial charge in [0.15, 0.2) is 18.2 Å². The lowest BCUT2D eigenvalue weighted by Gasteiger charge is -2.30. The Bertz CT molecular complexity index is 767. The highest BCUT2D eigenvalue weighted by Crippen LogP contribution is 2.17. The first-order chi connectivity index (χ1) is 13.6. The number of halogens is 1. The summed E-state index contributed by atoms with van der Waals surface area (Å²) in [6.07, 6.45) is 1.28. The third kappa shape index (κ3) is 6.08. The van der Waals surface area contributed by atoms with Crippen molar-refractivity contribution >= 4 is 11.8 Å². The molecule has 0 spiro atoms. The highest BCUT2D eigenvalue weighted by Gasteiger charge is 2.28. The maximum Gasteiger partial charge on any atom is 0.261 e. The van der Waals surface area contributed by atoms with E-state index in [1.54, 1.807) is 12.1 Å². The molecule has 0 unspecified atom stereocenters. The molecule has 1 N–H and O–H groups in total. The summed E-state index contributed by atoms with van der Waals surface area (Å²) in [4.78, 5) is 27.0. The largest absolute Gasteiger partial charge is 0.481 e. The zero-order valence-corrected chi connectivity index (χ0v) is 16.4. The van der Waals surface area contributed by atoms with Gasteiger partial charge in [-0.1, -0.05) is 56.3 Å². The molecule has 0 aliphatic rings. The fraction of sp³-hybridized carbons (Fsp3) is 0.364. The lowest BCUT2D eigenvalue weighted by atomic mass is 10.1. The van der Waals surface area contributed by atoms with Gasteiger partial charge in [-0.2, -0.15) is 0 Å². The van der Waals surface area contributed by atoms with Crippen molar-refractivity contribution in [3.8, 4) is 5.75 Å². The molecule has 0 saturated heterocycles. The van der Waals surface area contributed by atoms with Gasteiger partial charge in [0.1, 0.15) is 6.04 Å². The van der Waals surface area contributed by atoms with Gasteiger partial charge in [-0.05, 0) is 30.5 Å². The average Bonchev–Trinajstić information content (AvgIpc) is 2.72. The highest BCUT2D eigenvalue weighted by molar-refractivity contribution is 5.88. The molecule has 0 aliphatic carbocycles. The molecule has 28 heavy (non-hydrogen) atoms. The molecule has 1 atom stereocenters. The van der Waals surface area contributed by atoms with Crippen molar-refractivity contribution in [1.82, 2.24) is 10.2 Å². The minimum absolute atomic E-state index is 0.0130. The predicted molar refractivity (Wildman–Crippen MR) is 106 cm³/mol. The number of carbonyl (C=O) groups excluding carboxylic acids is 2. The third-order valence-corrected chi connectivity index (χ3v) is 4.32. The molecular formula is C22H27FN2O3. The molecule has 2 rings (SSSR count). The topological polar surface area (TPSA) is 58.6 Å². The number of ether oxygens (including phenoxy) is 1. The summed E-state index contributed by atoms with van der Waals surface area (Å²) in [5, 5.41) is 2.85. The molecule has 0 bridgehead atoms. The molecule has 0 radical (unpaired) electrons. The van der Waals surface area contributed by atoms with Gasteiger partial charge in [0, 0.05) is 13.1 Å². The fourth-order valence-electron chi connectivity index (χ4n) is 2.85. The van der Waals surface area contributed by atoms with Crippen LogP contribution in [0.1, 0.15) is 32.3 Å². The molecule has 2 amide bonds. The van der Waals surface area contributed by atoms with Crippen LogP contribution in [-0.4, -0.2) is 35.9 Å². The number of hydrogen-bond donors (Lipinski definition) is 1. The van der Waals surface area contributed by atoms with E-state index >= 15 is 0 Å². The standard InChI is InChI=1S/C22H27FN2O3/c1-3-14-24-22(27)19(4-2)25(15-17-10-6-5-7-11-17)21(26)16-28-20-13-9-8-12-18(20)23/h5-13,19H,3-4,14-16H2,1-2H3,(H,24,27)/t19-/m1/s1. The lowest BCUT2D eigenvalue weighted by Crippen LogP contribution is -2.50. The van der Waals surface area contributed by atoms with Gasteiger partial charge < -0.3 is 15.0 Å². The van der Waals surface area contributed by atoms with Crippen LogP contribution in [0.3, 0.4) is 0 Å².